The van der Waals surface area contributed by atoms with E-state index in [4.69, 9.17) is 19.3 Å². The molecule has 0 spiro atoms. The fourth-order valence-corrected chi connectivity index (χ4v) is 4.36. The molecular formula is C17H20N5O4P. The molecule has 1 saturated heterocycles. The number of aryl methyl sites for hydroxylation is 1. The number of anilines is 1. The standard InChI is InChI=1S/C17H20N5O4P/c1-12-3-2-4-13(9-12)14-5-7-24-27(23,26-14)25-8-6-22-11-21-15-16(18)19-10-20-17(15)22/h2-4,9-11,14H,5-8H2,1H3,(H2,18,19,20). The molecule has 4 rings (SSSR count). The smallest absolute Gasteiger partial charge is 0.382 e. The van der Waals surface area contributed by atoms with E-state index >= 15 is 0 Å². The first-order valence-corrected chi connectivity index (χ1v) is 10.1. The Morgan fingerprint density at radius 1 is 1.37 bits per heavy atom. The quantitative estimate of drug-likeness (QED) is 0.662. The lowest BCUT2D eigenvalue weighted by Gasteiger charge is -2.29. The molecule has 3 heterocycles. The first kappa shape index (κ1) is 18.1. The summed E-state index contributed by atoms with van der Waals surface area (Å²) >= 11 is 0. The van der Waals surface area contributed by atoms with Gasteiger partial charge in [-0.15, -0.1) is 0 Å². The second-order valence-corrected chi connectivity index (χ2v) is 7.90. The molecule has 0 aliphatic carbocycles. The minimum Gasteiger partial charge on any atom is -0.382 e. The van der Waals surface area contributed by atoms with Crippen molar-refractivity contribution in [2.45, 2.75) is 26.0 Å². The summed E-state index contributed by atoms with van der Waals surface area (Å²) in [6, 6.07) is 7.93. The van der Waals surface area contributed by atoms with Gasteiger partial charge in [-0.05, 0) is 12.5 Å². The van der Waals surface area contributed by atoms with E-state index in [2.05, 4.69) is 15.0 Å². The molecule has 9 nitrogen and oxygen atoms in total. The normalized spacial score (nSPS) is 22.9. The molecule has 2 atom stereocenters. The highest BCUT2D eigenvalue weighted by Gasteiger charge is 2.36. The highest BCUT2D eigenvalue weighted by Crippen LogP contribution is 2.56. The van der Waals surface area contributed by atoms with Crippen molar-refractivity contribution in [3.8, 4) is 0 Å². The molecule has 0 saturated carbocycles. The van der Waals surface area contributed by atoms with Crippen LogP contribution in [0, 0.1) is 6.92 Å². The van der Waals surface area contributed by atoms with Crippen LogP contribution in [0.3, 0.4) is 0 Å². The van der Waals surface area contributed by atoms with E-state index in [1.807, 2.05) is 31.2 Å². The third kappa shape index (κ3) is 3.86. The maximum atomic E-state index is 12.8. The second-order valence-electron chi connectivity index (χ2n) is 6.28. The number of hydrogen-bond acceptors (Lipinski definition) is 8. The van der Waals surface area contributed by atoms with Crippen molar-refractivity contribution in [1.82, 2.24) is 19.5 Å². The Labute approximate surface area is 156 Å². The zero-order chi connectivity index (χ0) is 18.9. The summed E-state index contributed by atoms with van der Waals surface area (Å²) in [4.78, 5) is 12.3. The number of imidazole rings is 1. The molecular weight excluding hydrogens is 369 g/mol. The van der Waals surface area contributed by atoms with Gasteiger partial charge in [-0.25, -0.2) is 19.5 Å². The van der Waals surface area contributed by atoms with Crippen molar-refractivity contribution in [1.29, 1.82) is 0 Å². The van der Waals surface area contributed by atoms with E-state index in [0.29, 0.717) is 36.6 Å². The number of nitrogens with zero attached hydrogens (tertiary/aromatic N) is 4. The molecule has 1 aromatic carbocycles. The molecule has 0 radical (unpaired) electrons. The van der Waals surface area contributed by atoms with E-state index in [9.17, 15) is 4.57 Å². The molecule has 0 bridgehead atoms. The summed E-state index contributed by atoms with van der Waals surface area (Å²) in [5.74, 6) is 0.312. The van der Waals surface area contributed by atoms with Gasteiger partial charge in [-0.3, -0.25) is 13.6 Å². The number of rotatable bonds is 5. The average molecular weight is 389 g/mol. The highest BCUT2D eigenvalue weighted by atomic mass is 31.2. The summed E-state index contributed by atoms with van der Waals surface area (Å²) in [7, 11) is -3.63. The van der Waals surface area contributed by atoms with Crippen LogP contribution in [0.2, 0.25) is 0 Å². The lowest BCUT2D eigenvalue weighted by molar-refractivity contribution is 0.0273. The fourth-order valence-electron chi connectivity index (χ4n) is 2.99. The lowest BCUT2D eigenvalue weighted by Crippen LogP contribution is -2.16. The first-order valence-electron chi connectivity index (χ1n) is 8.59. The van der Waals surface area contributed by atoms with Crippen molar-refractivity contribution in [3.05, 3.63) is 48.0 Å². The Bertz CT molecular complexity index is 1010. The number of nitrogens with two attached hydrogens (primary N) is 1. The van der Waals surface area contributed by atoms with Crippen LogP contribution >= 0.6 is 7.82 Å². The highest BCUT2D eigenvalue weighted by molar-refractivity contribution is 7.48. The van der Waals surface area contributed by atoms with E-state index in [1.165, 1.54) is 6.33 Å². The molecule has 1 aliphatic rings. The number of fused-ring (bicyclic) bond motifs is 1. The lowest BCUT2D eigenvalue weighted by atomic mass is 10.0. The van der Waals surface area contributed by atoms with Gasteiger partial charge in [-0.2, -0.15) is 0 Å². The van der Waals surface area contributed by atoms with Crippen molar-refractivity contribution < 1.29 is 18.1 Å². The van der Waals surface area contributed by atoms with Gasteiger partial charge in [0.2, 0.25) is 0 Å². The molecule has 3 aromatic rings. The number of aromatic nitrogens is 4. The molecule has 10 heteroatoms. The minimum atomic E-state index is -3.63. The molecule has 1 aliphatic heterocycles. The van der Waals surface area contributed by atoms with Crippen molar-refractivity contribution >= 4 is 24.8 Å². The maximum absolute atomic E-state index is 12.8. The van der Waals surface area contributed by atoms with Crippen molar-refractivity contribution in [2.75, 3.05) is 18.9 Å². The van der Waals surface area contributed by atoms with Crippen LogP contribution in [0.4, 0.5) is 5.82 Å². The molecule has 27 heavy (non-hydrogen) atoms. The van der Waals surface area contributed by atoms with Crippen LogP contribution in [0.15, 0.2) is 36.9 Å². The topological polar surface area (TPSA) is 114 Å². The van der Waals surface area contributed by atoms with Crippen LogP contribution in [-0.4, -0.2) is 32.7 Å². The van der Waals surface area contributed by atoms with Gasteiger partial charge in [0.15, 0.2) is 11.5 Å². The van der Waals surface area contributed by atoms with Gasteiger partial charge < -0.3 is 10.3 Å². The maximum Gasteiger partial charge on any atom is 0.475 e. The van der Waals surface area contributed by atoms with Crippen LogP contribution < -0.4 is 5.73 Å². The molecule has 1 fully saturated rings. The van der Waals surface area contributed by atoms with Crippen LogP contribution in [0.5, 0.6) is 0 Å². The largest absolute Gasteiger partial charge is 0.475 e. The number of hydrogen-bond donors (Lipinski definition) is 1. The SMILES string of the molecule is Cc1cccc(C2CCOP(=O)(OCCn3cnc4c(N)ncnc43)O2)c1. The van der Waals surface area contributed by atoms with Crippen molar-refractivity contribution in [3.63, 3.8) is 0 Å². The summed E-state index contributed by atoms with van der Waals surface area (Å²) in [6.45, 7) is 2.81. The summed E-state index contributed by atoms with van der Waals surface area (Å²) in [6.07, 6.45) is 3.27. The average Bonchev–Trinajstić information content (AvgIpc) is 3.06. The van der Waals surface area contributed by atoms with Gasteiger partial charge >= 0.3 is 7.82 Å². The first-order chi connectivity index (χ1) is 13.0. The second kappa shape index (κ2) is 7.36. The van der Waals surface area contributed by atoms with Gasteiger partial charge in [0.05, 0.1) is 25.6 Å². The third-order valence-corrected chi connectivity index (χ3v) is 5.82. The fraction of sp³-hybridized carbons (Fsp3) is 0.353. The van der Waals surface area contributed by atoms with Gasteiger partial charge in [-0.1, -0.05) is 29.8 Å². The van der Waals surface area contributed by atoms with Crippen LogP contribution in [0.25, 0.3) is 11.2 Å². The Balaban J connectivity index is 1.41. The Hall–Kier alpha value is -2.32. The predicted octanol–water partition coefficient (Wildman–Crippen LogP) is 3.02. The number of phosphoric acid groups is 1. The number of phosphoric ester groups is 1. The van der Waals surface area contributed by atoms with Gasteiger partial charge in [0.25, 0.3) is 0 Å². The summed E-state index contributed by atoms with van der Waals surface area (Å²) in [5.41, 5.74) is 8.97. The third-order valence-electron chi connectivity index (χ3n) is 4.31. The van der Waals surface area contributed by atoms with Crippen LogP contribution in [0.1, 0.15) is 23.7 Å². The van der Waals surface area contributed by atoms with E-state index in [0.717, 1.165) is 11.1 Å². The monoisotopic (exact) mass is 389 g/mol. The van der Waals surface area contributed by atoms with E-state index in [-0.39, 0.29) is 12.7 Å². The van der Waals surface area contributed by atoms with E-state index < -0.39 is 7.82 Å². The van der Waals surface area contributed by atoms with Crippen LogP contribution in [-0.2, 0) is 24.7 Å². The van der Waals surface area contributed by atoms with Gasteiger partial charge in [0, 0.05) is 13.0 Å². The molecule has 2 N–H and O–H groups in total. The Kier molecular flexibility index (Phi) is 4.92. The zero-order valence-electron chi connectivity index (χ0n) is 14.8. The number of benzene rings is 1. The van der Waals surface area contributed by atoms with Gasteiger partial charge in [0.1, 0.15) is 11.8 Å². The van der Waals surface area contributed by atoms with E-state index in [1.54, 1.807) is 10.9 Å². The molecule has 2 unspecified atom stereocenters. The Morgan fingerprint density at radius 2 is 2.26 bits per heavy atom. The summed E-state index contributed by atoms with van der Waals surface area (Å²) < 4.78 is 31.1. The molecule has 142 valence electrons. The molecule has 2 aromatic heterocycles. The molecule has 0 amide bonds. The number of nitrogen functional groups attached to an aromatic ring is 1. The summed E-state index contributed by atoms with van der Waals surface area (Å²) in [5, 5.41) is 0. The van der Waals surface area contributed by atoms with Crippen molar-refractivity contribution in [2.24, 2.45) is 0 Å². The minimum absolute atomic E-state index is 0.118. The zero-order valence-corrected chi connectivity index (χ0v) is 15.7. The predicted molar refractivity (Wildman–Crippen MR) is 98.9 cm³/mol. The Morgan fingerprint density at radius 3 is 3.11 bits per heavy atom.